The van der Waals surface area contributed by atoms with E-state index >= 15 is 0 Å². The molecule has 0 aromatic heterocycles. The van der Waals surface area contributed by atoms with E-state index in [1.54, 1.807) is 6.92 Å². The van der Waals surface area contributed by atoms with Gasteiger partial charge in [-0.3, -0.25) is 9.59 Å². The standard InChI is InChI=1S/C11H19NO4S/c1-8(17-2)11(15)12(7-10(13)14)9-3-5-16-6-4-9/h8-9H,3-7H2,1-2H3,(H,13,14). The minimum atomic E-state index is -0.960. The van der Waals surface area contributed by atoms with Crippen molar-refractivity contribution in [2.75, 3.05) is 26.0 Å². The molecule has 6 heteroatoms. The van der Waals surface area contributed by atoms with Crippen LogP contribution in [0.2, 0.25) is 0 Å². The molecular weight excluding hydrogens is 242 g/mol. The van der Waals surface area contributed by atoms with Gasteiger partial charge in [0.05, 0.1) is 5.25 Å². The molecular formula is C11H19NO4S. The molecule has 5 nitrogen and oxygen atoms in total. The van der Waals surface area contributed by atoms with E-state index in [0.717, 1.165) is 12.8 Å². The molecule has 0 radical (unpaired) electrons. The molecule has 0 aliphatic carbocycles. The van der Waals surface area contributed by atoms with Crippen LogP contribution in [0.3, 0.4) is 0 Å². The van der Waals surface area contributed by atoms with Crippen molar-refractivity contribution >= 4 is 23.6 Å². The van der Waals surface area contributed by atoms with Gasteiger partial charge < -0.3 is 14.7 Å². The summed E-state index contributed by atoms with van der Waals surface area (Å²) in [6.45, 7) is 2.79. The normalized spacial score (nSPS) is 18.7. The summed E-state index contributed by atoms with van der Waals surface area (Å²) in [5.41, 5.74) is 0. The SMILES string of the molecule is CSC(C)C(=O)N(CC(=O)O)C1CCOCC1. The fourth-order valence-corrected chi connectivity index (χ4v) is 2.20. The van der Waals surface area contributed by atoms with Crippen molar-refractivity contribution < 1.29 is 19.4 Å². The highest BCUT2D eigenvalue weighted by atomic mass is 32.2. The third kappa shape index (κ3) is 4.20. The first kappa shape index (κ1) is 14.3. The van der Waals surface area contributed by atoms with E-state index in [0.29, 0.717) is 13.2 Å². The first-order valence-corrected chi connectivity index (χ1v) is 6.98. The van der Waals surface area contributed by atoms with Crippen molar-refractivity contribution in [2.45, 2.75) is 31.1 Å². The van der Waals surface area contributed by atoms with Gasteiger partial charge in [0.15, 0.2) is 0 Å². The van der Waals surface area contributed by atoms with Crippen molar-refractivity contribution in [3.63, 3.8) is 0 Å². The van der Waals surface area contributed by atoms with Gasteiger partial charge in [-0.05, 0) is 26.0 Å². The van der Waals surface area contributed by atoms with Crippen LogP contribution in [0.1, 0.15) is 19.8 Å². The van der Waals surface area contributed by atoms with Gasteiger partial charge in [0.1, 0.15) is 6.54 Å². The van der Waals surface area contributed by atoms with Crippen molar-refractivity contribution in [3.8, 4) is 0 Å². The summed E-state index contributed by atoms with van der Waals surface area (Å²) >= 11 is 1.44. The molecule has 1 N–H and O–H groups in total. The largest absolute Gasteiger partial charge is 0.480 e. The molecule has 1 aliphatic heterocycles. The molecule has 0 saturated carbocycles. The number of aliphatic carboxylic acids is 1. The Morgan fingerprint density at radius 2 is 2.06 bits per heavy atom. The van der Waals surface area contributed by atoms with Gasteiger partial charge in [-0.2, -0.15) is 11.8 Å². The number of carboxylic acids is 1. The van der Waals surface area contributed by atoms with Gasteiger partial charge in [0.25, 0.3) is 0 Å². The summed E-state index contributed by atoms with van der Waals surface area (Å²) < 4.78 is 5.23. The summed E-state index contributed by atoms with van der Waals surface area (Å²) in [6.07, 6.45) is 3.30. The van der Waals surface area contributed by atoms with Crippen LogP contribution in [0, 0.1) is 0 Å². The smallest absolute Gasteiger partial charge is 0.323 e. The molecule has 0 aromatic carbocycles. The van der Waals surface area contributed by atoms with Gasteiger partial charge in [0, 0.05) is 19.3 Å². The molecule has 1 rings (SSSR count). The molecule has 0 bridgehead atoms. The van der Waals surface area contributed by atoms with Crippen molar-refractivity contribution in [3.05, 3.63) is 0 Å². The van der Waals surface area contributed by atoms with Gasteiger partial charge in [-0.1, -0.05) is 0 Å². The lowest BCUT2D eigenvalue weighted by atomic mass is 10.1. The molecule has 1 aliphatic rings. The van der Waals surface area contributed by atoms with E-state index in [4.69, 9.17) is 9.84 Å². The highest BCUT2D eigenvalue weighted by Gasteiger charge is 2.29. The third-order valence-electron chi connectivity index (χ3n) is 2.92. The maximum Gasteiger partial charge on any atom is 0.323 e. The van der Waals surface area contributed by atoms with Crippen LogP contribution >= 0.6 is 11.8 Å². The van der Waals surface area contributed by atoms with Crippen LogP contribution in [0.4, 0.5) is 0 Å². The Morgan fingerprint density at radius 3 is 2.53 bits per heavy atom. The molecule has 0 aromatic rings. The maximum absolute atomic E-state index is 12.1. The summed E-state index contributed by atoms with van der Waals surface area (Å²) in [5.74, 6) is -1.05. The number of thioether (sulfide) groups is 1. The highest BCUT2D eigenvalue weighted by molar-refractivity contribution is 7.99. The van der Waals surface area contributed by atoms with E-state index in [-0.39, 0.29) is 23.7 Å². The number of carboxylic acid groups (broad SMARTS) is 1. The number of amides is 1. The number of nitrogens with zero attached hydrogens (tertiary/aromatic N) is 1. The summed E-state index contributed by atoms with van der Waals surface area (Å²) in [4.78, 5) is 24.4. The molecule has 0 spiro atoms. The number of hydrogen-bond acceptors (Lipinski definition) is 4. The molecule has 1 heterocycles. The van der Waals surface area contributed by atoms with Gasteiger partial charge >= 0.3 is 5.97 Å². The number of hydrogen-bond donors (Lipinski definition) is 1. The van der Waals surface area contributed by atoms with Crippen LogP contribution in [0.25, 0.3) is 0 Å². The zero-order chi connectivity index (χ0) is 12.8. The average Bonchev–Trinajstić information content (AvgIpc) is 2.35. The lowest BCUT2D eigenvalue weighted by molar-refractivity contribution is -0.147. The van der Waals surface area contributed by atoms with E-state index in [9.17, 15) is 9.59 Å². The highest BCUT2D eigenvalue weighted by Crippen LogP contribution is 2.18. The summed E-state index contributed by atoms with van der Waals surface area (Å²) in [5, 5.41) is 8.69. The quantitative estimate of drug-likeness (QED) is 0.794. The number of carbonyl (C=O) groups is 2. The van der Waals surface area contributed by atoms with E-state index in [1.807, 2.05) is 6.26 Å². The summed E-state index contributed by atoms with van der Waals surface area (Å²) in [7, 11) is 0. The second-order valence-corrected chi connectivity index (χ2v) is 5.26. The molecule has 1 amide bonds. The third-order valence-corrected chi connectivity index (χ3v) is 3.83. The number of rotatable bonds is 5. The Bertz CT molecular complexity index is 279. The second kappa shape index (κ2) is 6.86. The first-order valence-electron chi connectivity index (χ1n) is 5.69. The van der Waals surface area contributed by atoms with E-state index < -0.39 is 5.97 Å². The molecule has 1 atom stereocenters. The lowest BCUT2D eigenvalue weighted by Gasteiger charge is -2.34. The van der Waals surface area contributed by atoms with Crippen LogP contribution in [-0.4, -0.2) is 59.2 Å². The fourth-order valence-electron chi connectivity index (χ4n) is 1.86. The Hall–Kier alpha value is -0.750. The van der Waals surface area contributed by atoms with Crippen molar-refractivity contribution in [1.82, 2.24) is 4.90 Å². The topological polar surface area (TPSA) is 66.8 Å². The van der Waals surface area contributed by atoms with Crippen molar-refractivity contribution in [1.29, 1.82) is 0 Å². The zero-order valence-corrected chi connectivity index (χ0v) is 11.0. The molecule has 1 saturated heterocycles. The predicted molar refractivity (Wildman–Crippen MR) is 66.2 cm³/mol. The van der Waals surface area contributed by atoms with E-state index in [1.165, 1.54) is 16.7 Å². The zero-order valence-electron chi connectivity index (χ0n) is 10.2. The molecule has 98 valence electrons. The minimum absolute atomic E-state index is 0.00181. The van der Waals surface area contributed by atoms with Crippen molar-refractivity contribution in [2.24, 2.45) is 0 Å². The number of ether oxygens (including phenoxy) is 1. The van der Waals surface area contributed by atoms with Crippen LogP contribution in [0.5, 0.6) is 0 Å². The summed E-state index contributed by atoms with van der Waals surface area (Å²) in [6, 6.07) is 0.00181. The van der Waals surface area contributed by atoms with Gasteiger partial charge in [-0.15, -0.1) is 0 Å². The first-order chi connectivity index (χ1) is 8.06. The average molecular weight is 261 g/mol. The number of carbonyl (C=O) groups excluding carboxylic acids is 1. The second-order valence-electron chi connectivity index (χ2n) is 4.08. The van der Waals surface area contributed by atoms with Gasteiger partial charge in [-0.25, -0.2) is 0 Å². The Balaban J connectivity index is 2.70. The monoisotopic (exact) mass is 261 g/mol. The Morgan fingerprint density at radius 1 is 1.47 bits per heavy atom. The Kier molecular flexibility index (Phi) is 5.77. The predicted octanol–water partition coefficient (Wildman–Crippen LogP) is 0.830. The molecule has 1 unspecified atom stereocenters. The van der Waals surface area contributed by atoms with Crippen LogP contribution in [-0.2, 0) is 14.3 Å². The maximum atomic E-state index is 12.1. The molecule has 1 fully saturated rings. The van der Waals surface area contributed by atoms with Crippen LogP contribution < -0.4 is 0 Å². The van der Waals surface area contributed by atoms with Crippen LogP contribution in [0.15, 0.2) is 0 Å². The molecule has 17 heavy (non-hydrogen) atoms. The lowest BCUT2D eigenvalue weighted by Crippen LogP contribution is -2.48. The fraction of sp³-hybridized carbons (Fsp3) is 0.818. The van der Waals surface area contributed by atoms with E-state index in [2.05, 4.69) is 0 Å². The van der Waals surface area contributed by atoms with Gasteiger partial charge in [0.2, 0.25) is 5.91 Å². The Labute approximate surface area is 105 Å². The minimum Gasteiger partial charge on any atom is -0.480 e.